The maximum atomic E-state index is 12.7. The lowest BCUT2D eigenvalue weighted by molar-refractivity contribution is 0.0635. The van der Waals surface area contributed by atoms with E-state index in [1.54, 1.807) is 32.0 Å². The Bertz CT molecular complexity index is 830. The van der Waals surface area contributed by atoms with Gasteiger partial charge >= 0.3 is 0 Å². The number of ether oxygens (including phenoxy) is 1. The zero-order valence-corrected chi connectivity index (χ0v) is 16.9. The number of carbonyl (C=O) groups excluding carboxylic acids is 1. The summed E-state index contributed by atoms with van der Waals surface area (Å²) in [5.74, 6) is 0.714. The molecule has 1 amide bonds. The molecule has 1 fully saturated rings. The molecule has 0 unspecified atom stereocenters. The fraction of sp³-hybridized carbons (Fsp3) is 0.429. The van der Waals surface area contributed by atoms with Gasteiger partial charge in [0.2, 0.25) is 0 Å². The van der Waals surface area contributed by atoms with E-state index in [1.165, 1.54) is 6.20 Å². The molecule has 1 aliphatic rings. The Balaban J connectivity index is 1.77. The van der Waals surface area contributed by atoms with Gasteiger partial charge in [-0.3, -0.25) is 4.79 Å². The van der Waals surface area contributed by atoms with E-state index in [0.29, 0.717) is 34.4 Å². The average Bonchev–Trinajstić information content (AvgIpc) is 2.66. The summed E-state index contributed by atoms with van der Waals surface area (Å²) in [4.78, 5) is 17.1. The summed E-state index contributed by atoms with van der Waals surface area (Å²) in [6.07, 6.45) is 3.39. The Morgan fingerprint density at radius 1 is 1.32 bits per heavy atom. The van der Waals surface area contributed by atoms with Crippen LogP contribution >= 0.6 is 11.6 Å². The van der Waals surface area contributed by atoms with Crippen molar-refractivity contribution in [3.8, 4) is 0 Å². The van der Waals surface area contributed by atoms with E-state index in [-0.39, 0.29) is 5.91 Å². The van der Waals surface area contributed by atoms with E-state index in [4.69, 9.17) is 16.3 Å². The van der Waals surface area contributed by atoms with E-state index in [1.807, 2.05) is 12.1 Å². The predicted molar refractivity (Wildman–Crippen MR) is 110 cm³/mol. The van der Waals surface area contributed by atoms with Gasteiger partial charge in [-0.25, -0.2) is 4.98 Å². The minimum atomic E-state index is -1.20. The van der Waals surface area contributed by atoms with Crippen LogP contribution < -0.4 is 10.6 Å². The third-order valence-corrected chi connectivity index (χ3v) is 5.03. The summed E-state index contributed by atoms with van der Waals surface area (Å²) >= 11 is 6.02. The molecule has 0 bridgehead atoms. The molecule has 0 atom stereocenters. The Morgan fingerprint density at radius 3 is 2.75 bits per heavy atom. The van der Waals surface area contributed by atoms with Gasteiger partial charge in [0.15, 0.2) is 0 Å². The summed E-state index contributed by atoms with van der Waals surface area (Å²) < 4.78 is 5.35. The number of halogens is 1. The molecule has 1 aliphatic heterocycles. The van der Waals surface area contributed by atoms with Crippen LogP contribution in [0.5, 0.6) is 0 Å². The number of hydrogen-bond acceptors (Lipinski definition) is 5. The Kier molecular flexibility index (Phi) is 6.54. The van der Waals surface area contributed by atoms with Crippen LogP contribution in [0.25, 0.3) is 0 Å². The minimum absolute atomic E-state index is 0.231. The number of amides is 1. The largest absolute Gasteiger partial charge is 0.386 e. The highest BCUT2D eigenvalue weighted by Crippen LogP contribution is 2.27. The Labute approximate surface area is 170 Å². The van der Waals surface area contributed by atoms with Gasteiger partial charge in [0.25, 0.3) is 5.91 Å². The molecular formula is C21H26ClN3O3. The number of hydrogen-bond donors (Lipinski definition) is 3. The van der Waals surface area contributed by atoms with E-state index in [0.717, 1.165) is 31.7 Å². The second-order valence-corrected chi connectivity index (χ2v) is 8.01. The number of nitrogens with one attached hydrogen (secondary N) is 2. The van der Waals surface area contributed by atoms with Gasteiger partial charge in [-0.1, -0.05) is 17.7 Å². The van der Waals surface area contributed by atoms with Gasteiger partial charge in [0, 0.05) is 42.2 Å². The number of anilines is 2. The number of carbonyl (C=O) groups is 1. The highest BCUT2D eigenvalue weighted by Gasteiger charge is 2.25. The lowest BCUT2D eigenvalue weighted by atomic mass is 9.93. The predicted octanol–water partition coefficient (Wildman–Crippen LogP) is 3.86. The number of benzene rings is 1. The monoisotopic (exact) mass is 403 g/mol. The van der Waals surface area contributed by atoms with Crippen LogP contribution in [-0.2, 0) is 10.3 Å². The topological polar surface area (TPSA) is 83.5 Å². The number of aromatic nitrogens is 1. The van der Waals surface area contributed by atoms with Crippen LogP contribution in [0.3, 0.4) is 0 Å². The zero-order chi connectivity index (χ0) is 20.1. The lowest BCUT2D eigenvalue weighted by Crippen LogP contribution is -2.34. The van der Waals surface area contributed by atoms with Gasteiger partial charge in [-0.05, 0) is 56.9 Å². The number of rotatable bonds is 6. The van der Waals surface area contributed by atoms with E-state index in [2.05, 4.69) is 15.6 Å². The van der Waals surface area contributed by atoms with Crippen molar-refractivity contribution >= 4 is 29.0 Å². The van der Waals surface area contributed by atoms with Crippen LogP contribution in [0.4, 0.5) is 11.5 Å². The smallest absolute Gasteiger partial charge is 0.253 e. The van der Waals surface area contributed by atoms with Crippen LogP contribution in [-0.4, -0.2) is 35.8 Å². The molecule has 2 aromatic rings. The standard InChI is InChI=1S/C21H26ClN3O3/c1-21(2,27)18-11-19(25-16-5-3-4-15(22)10-16)23-13-17(18)20(26)24-12-14-6-8-28-9-7-14/h3-5,10-11,13-14,27H,6-9,12H2,1-2H3,(H,23,25)(H,24,26). The molecule has 0 spiro atoms. The molecular weight excluding hydrogens is 378 g/mol. The van der Waals surface area contributed by atoms with E-state index in [9.17, 15) is 9.90 Å². The fourth-order valence-corrected chi connectivity index (χ4v) is 3.40. The first-order valence-corrected chi connectivity index (χ1v) is 9.82. The Morgan fingerprint density at radius 2 is 2.07 bits per heavy atom. The van der Waals surface area contributed by atoms with Gasteiger partial charge in [0.05, 0.1) is 11.2 Å². The number of aliphatic hydroxyl groups is 1. The van der Waals surface area contributed by atoms with E-state index < -0.39 is 5.60 Å². The molecule has 2 heterocycles. The number of nitrogens with zero attached hydrogens (tertiary/aromatic N) is 1. The average molecular weight is 404 g/mol. The number of pyridine rings is 1. The zero-order valence-electron chi connectivity index (χ0n) is 16.2. The van der Waals surface area contributed by atoms with Crippen LogP contribution in [0.15, 0.2) is 36.5 Å². The van der Waals surface area contributed by atoms with Crippen molar-refractivity contribution < 1.29 is 14.6 Å². The van der Waals surface area contributed by atoms with Crippen molar-refractivity contribution in [1.29, 1.82) is 0 Å². The van der Waals surface area contributed by atoms with Crippen molar-refractivity contribution in [3.05, 3.63) is 52.7 Å². The first-order chi connectivity index (χ1) is 13.3. The molecule has 3 rings (SSSR count). The molecule has 28 heavy (non-hydrogen) atoms. The molecule has 1 aromatic heterocycles. The summed E-state index contributed by atoms with van der Waals surface area (Å²) in [5.41, 5.74) is 0.463. The molecule has 0 saturated carbocycles. The van der Waals surface area contributed by atoms with Gasteiger partial charge < -0.3 is 20.5 Å². The molecule has 6 nitrogen and oxygen atoms in total. The fourth-order valence-electron chi connectivity index (χ4n) is 3.21. The molecule has 3 N–H and O–H groups in total. The second kappa shape index (κ2) is 8.90. The van der Waals surface area contributed by atoms with Gasteiger partial charge in [0.1, 0.15) is 5.82 Å². The van der Waals surface area contributed by atoms with E-state index >= 15 is 0 Å². The van der Waals surface area contributed by atoms with Crippen molar-refractivity contribution in [2.24, 2.45) is 5.92 Å². The third-order valence-electron chi connectivity index (χ3n) is 4.80. The van der Waals surface area contributed by atoms with Crippen LogP contribution in [0, 0.1) is 5.92 Å². The van der Waals surface area contributed by atoms with Gasteiger partial charge in [-0.15, -0.1) is 0 Å². The van der Waals surface area contributed by atoms with Crippen molar-refractivity contribution in [1.82, 2.24) is 10.3 Å². The second-order valence-electron chi connectivity index (χ2n) is 7.58. The summed E-state index contributed by atoms with van der Waals surface area (Å²) in [6, 6.07) is 8.96. The first kappa shape index (κ1) is 20.6. The summed E-state index contributed by atoms with van der Waals surface area (Å²) in [7, 11) is 0. The van der Waals surface area contributed by atoms with Crippen LogP contribution in [0.1, 0.15) is 42.6 Å². The first-order valence-electron chi connectivity index (χ1n) is 9.44. The summed E-state index contributed by atoms with van der Waals surface area (Å²) in [6.45, 7) is 5.37. The summed E-state index contributed by atoms with van der Waals surface area (Å²) in [5, 5.41) is 17.3. The quantitative estimate of drug-likeness (QED) is 0.682. The van der Waals surface area contributed by atoms with Crippen molar-refractivity contribution in [3.63, 3.8) is 0 Å². The maximum Gasteiger partial charge on any atom is 0.253 e. The highest BCUT2D eigenvalue weighted by molar-refractivity contribution is 6.30. The van der Waals surface area contributed by atoms with Crippen LogP contribution in [0.2, 0.25) is 5.02 Å². The van der Waals surface area contributed by atoms with Crippen molar-refractivity contribution in [2.75, 3.05) is 25.1 Å². The highest BCUT2D eigenvalue weighted by atomic mass is 35.5. The molecule has 0 radical (unpaired) electrons. The molecule has 7 heteroatoms. The minimum Gasteiger partial charge on any atom is -0.386 e. The third kappa shape index (κ3) is 5.44. The van der Waals surface area contributed by atoms with Gasteiger partial charge in [-0.2, -0.15) is 0 Å². The van der Waals surface area contributed by atoms with Crippen molar-refractivity contribution in [2.45, 2.75) is 32.3 Å². The Hall–Kier alpha value is -2.15. The SMILES string of the molecule is CC(C)(O)c1cc(Nc2cccc(Cl)c2)ncc1C(=O)NCC1CCOCC1. The molecule has 1 saturated heterocycles. The molecule has 1 aromatic carbocycles. The molecule has 150 valence electrons. The maximum absolute atomic E-state index is 12.7. The normalized spacial score (nSPS) is 15.3. The lowest BCUT2D eigenvalue weighted by Gasteiger charge is -2.24. The molecule has 0 aliphatic carbocycles.